The van der Waals surface area contributed by atoms with Crippen LogP contribution in [0.15, 0.2) is 48.5 Å². The quantitative estimate of drug-likeness (QED) is 0.618. The van der Waals surface area contributed by atoms with Gasteiger partial charge in [0.2, 0.25) is 0 Å². The Labute approximate surface area is 174 Å². The van der Waals surface area contributed by atoms with Gasteiger partial charge in [0.1, 0.15) is 11.6 Å². The summed E-state index contributed by atoms with van der Waals surface area (Å²) >= 11 is 0. The van der Waals surface area contributed by atoms with Crippen molar-refractivity contribution in [1.82, 2.24) is 20.1 Å². The zero-order valence-electron chi connectivity index (χ0n) is 16.6. The van der Waals surface area contributed by atoms with Gasteiger partial charge < -0.3 is 20.4 Å². The first-order chi connectivity index (χ1) is 14.6. The van der Waals surface area contributed by atoms with Gasteiger partial charge in [-0.05, 0) is 43.3 Å². The Hall–Kier alpha value is -4.06. The number of pyridine rings is 1. The van der Waals surface area contributed by atoms with Crippen molar-refractivity contribution in [2.24, 2.45) is 0 Å². The topological polar surface area (TPSA) is 113 Å². The Balaban J connectivity index is 1.33. The van der Waals surface area contributed by atoms with E-state index in [0.717, 1.165) is 23.1 Å². The number of anilines is 4. The van der Waals surface area contributed by atoms with E-state index >= 15 is 0 Å². The van der Waals surface area contributed by atoms with Crippen LogP contribution in [0.2, 0.25) is 0 Å². The molecule has 1 aliphatic rings. The highest BCUT2D eigenvalue weighted by molar-refractivity contribution is 5.89. The molecular formula is C21H22N8O. The van der Waals surface area contributed by atoms with E-state index < -0.39 is 0 Å². The van der Waals surface area contributed by atoms with Crippen LogP contribution in [-0.2, 0) is 0 Å². The molecule has 0 unspecified atom stereocenters. The van der Waals surface area contributed by atoms with Crippen molar-refractivity contribution >= 4 is 29.2 Å². The predicted molar refractivity (Wildman–Crippen MR) is 115 cm³/mol. The molecular weight excluding hydrogens is 380 g/mol. The van der Waals surface area contributed by atoms with Crippen LogP contribution in [0.1, 0.15) is 11.3 Å². The molecule has 2 aromatic heterocycles. The van der Waals surface area contributed by atoms with Gasteiger partial charge in [-0.2, -0.15) is 10.4 Å². The molecule has 1 saturated heterocycles. The molecule has 2 amide bonds. The second-order valence-electron chi connectivity index (χ2n) is 7.04. The second-order valence-corrected chi connectivity index (χ2v) is 7.04. The number of nitrogens with zero attached hydrogens (tertiary/aromatic N) is 5. The van der Waals surface area contributed by atoms with E-state index in [1.807, 2.05) is 31.2 Å². The third-order valence-electron chi connectivity index (χ3n) is 4.85. The molecule has 3 aromatic rings. The van der Waals surface area contributed by atoms with Crippen molar-refractivity contribution in [3.05, 3.63) is 59.8 Å². The van der Waals surface area contributed by atoms with Gasteiger partial charge in [-0.25, -0.2) is 9.78 Å². The average Bonchev–Trinajstić information content (AvgIpc) is 3.19. The number of urea groups is 1. The number of hydrogen-bond donors (Lipinski definition) is 3. The van der Waals surface area contributed by atoms with Crippen LogP contribution in [0.4, 0.5) is 27.9 Å². The molecule has 4 rings (SSSR count). The Bertz CT molecular complexity index is 1060. The van der Waals surface area contributed by atoms with Crippen LogP contribution >= 0.6 is 0 Å². The summed E-state index contributed by atoms with van der Waals surface area (Å²) in [6.45, 7) is 4.52. The standard InChI is InChI=1S/C21H22N8O/c1-15-13-19(27-26-15)24-18-3-2-4-20(25-18)28-9-11-29(12-10-28)21(30)23-17-7-5-16(14-22)6-8-17/h2-8,13H,9-12H2,1H3,(H,23,30)(H2,24,25,26,27). The van der Waals surface area contributed by atoms with Crippen LogP contribution in [0, 0.1) is 18.3 Å². The largest absolute Gasteiger partial charge is 0.353 e. The molecule has 0 radical (unpaired) electrons. The van der Waals surface area contributed by atoms with E-state index in [2.05, 4.69) is 36.8 Å². The Morgan fingerprint density at radius 3 is 2.53 bits per heavy atom. The van der Waals surface area contributed by atoms with Gasteiger partial charge >= 0.3 is 6.03 Å². The molecule has 30 heavy (non-hydrogen) atoms. The maximum Gasteiger partial charge on any atom is 0.321 e. The van der Waals surface area contributed by atoms with Crippen molar-refractivity contribution in [3.63, 3.8) is 0 Å². The van der Waals surface area contributed by atoms with E-state index in [4.69, 9.17) is 5.26 Å². The first-order valence-electron chi connectivity index (χ1n) is 9.68. The Morgan fingerprint density at radius 1 is 1.10 bits per heavy atom. The monoisotopic (exact) mass is 402 g/mol. The molecule has 0 saturated carbocycles. The number of amides is 2. The molecule has 1 aliphatic heterocycles. The van der Waals surface area contributed by atoms with Crippen LogP contribution in [0.5, 0.6) is 0 Å². The van der Waals surface area contributed by atoms with Gasteiger partial charge in [-0.3, -0.25) is 5.10 Å². The molecule has 3 heterocycles. The van der Waals surface area contributed by atoms with Crippen LogP contribution in [-0.4, -0.2) is 52.3 Å². The molecule has 0 spiro atoms. The molecule has 0 aliphatic carbocycles. The lowest BCUT2D eigenvalue weighted by atomic mass is 10.2. The van der Waals surface area contributed by atoms with Crippen molar-refractivity contribution in [1.29, 1.82) is 5.26 Å². The first-order valence-corrected chi connectivity index (χ1v) is 9.68. The van der Waals surface area contributed by atoms with Gasteiger partial charge in [-0.1, -0.05) is 6.07 Å². The highest BCUT2D eigenvalue weighted by Crippen LogP contribution is 2.19. The van der Waals surface area contributed by atoms with E-state index in [1.165, 1.54) is 0 Å². The lowest BCUT2D eigenvalue weighted by Gasteiger charge is -2.35. The molecule has 1 fully saturated rings. The summed E-state index contributed by atoms with van der Waals surface area (Å²) in [5, 5.41) is 22.0. The number of carbonyl (C=O) groups excluding carboxylic acids is 1. The maximum atomic E-state index is 12.5. The fraction of sp³-hybridized carbons (Fsp3) is 0.238. The highest BCUT2D eigenvalue weighted by atomic mass is 16.2. The normalized spacial score (nSPS) is 13.6. The number of aromatic nitrogens is 3. The Morgan fingerprint density at radius 2 is 1.87 bits per heavy atom. The SMILES string of the molecule is Cc1cc(Nc2cccc(N3CCN(C(=O)Nc4ccc(C#N)cc4)CC3)n2)n[nH]1. The zero-order valence-corrected chi connectivity index (χ0v) is 16.6. The fourth-order valence-electron chi connectivity index (χ4n) is 3.25. The number of nitrogens with one attached hydrogen (secondary N) is 3. The minimum Gasteiger partial charge on any atom is -0.353 e. The summed E-state index contributed by atoms with van der Waals surface area (Å²) in [5.74, 6) is 2.31. The van der Waals surface area contributed by atoms with Crippen molar-refractivity contribution in [2.45, 2.75) is 6.92 Å². The molecule has 9 heteroatoms. The number of piperazine rings is 1. The third-order valence-corrected chi connectivity index (χ3v) is 4.85. The number of H-pyrrole nitrogens is 1. The number of hydrogen-bond acceptors (Lipinski definition) is 6. The molecule has 1 aromatic carbocycles. The summed E-state index contributed by atoms with van der Waals surface area (Å²) in [7, 11) is 0. The summed E-state index contributed by atoms with van der Waals surface area (Å²) in [6, 6.07) is 16.5. The van der Waals surface area contributed by atoms with Crippen LogP contribution < -0.4 is 15.5 Å². The number of benzene rings is 1. The zero-order chi connectivity index (χ0) is 20.9. The molecule has 9 nitrogen and oxygen atoms in total. The molecule has 3 N–H and O–H groups in total. The maximum absolute atomic E-state index is 12.5. The number of aromatic amines is 1. The highest BCUT2D eigenvalue weighted by Gasteiger charge is 2.22. The third kappa shape index (κ3) is 4.50. The van der Waals surface area contributed by atoms with E-state index in [0.29, 0.717) is 37.4 Å². The lowest BCUT2D eigenvalue weighted by Crippen LogP contribution is -2.50. The van der Waals surface area contributed by atoms with Gasteiger partial charge in [0.05, 0.1) is 11.6 Å². The van der Waals surface area contributed by atoms with E-state index in [1.54, 1.807) is 29.2 Å². The van der Waals surface area contributed by atoms with Crippen LogP contribution in [0.25, 0.3) is 0 Å². The number of aryl methyl sites for hydroxylation is 1. The van der Waals surface area contributed by atoms with Gasteiger partial charge in [0.15, 0.2) is 5.82 Å². The van der Waals surface area contributed by atoms with Crippen molar-refractivity contribution < 1.29 is 4.79 Å². The number of carbonyl (C=O) groups is 1. The molecule has 0 bridgehead atoms. The lowest BCUT2D eigenvalue weighted by molar-refractivity contribution is 0.208. The van der Waals surface area contributed by atoms with Crippen molar-refractivity contribution in [2.75, 3.05) is 41.7 Å². The number of nitriles is 1. The summed E-state index contributed by atoms with van der Waals surface area (Å²) in [6.07, 6.45) is 0. The predicted octanol–water partition coefficient (Wildman–Crippen LogP) is 3.08. The number of rotatable bonds is 4. The smallest absolute Gasteiger partial charge is 0.321 e. The van der Waals surface area contributed by atoms with Gasteiger partial charge in [-0.15, -0.1) is 0 Å². The summed E-state index contributed by atoms with van der Waals surface area (Å²) in [4.78, 5) is 21.1. The van der Waals surface area contributed by atoms with Gasteiger partial charge in [0.25, 0.3) is 0 Å². The first kappa shape index (κ1) is 19.3. The Kier molecular flexibility index (Phi) is 5.48. The summed E-state index contributed by atoms with van der Waals surface area (Å²) in [5.41, 5.74) is 2.22. The summed E-state index contributed by atoms with van der Waals surface area (Å²) < 4.78 is 0. The van der Waals surface area contributed by atoms with E-state index in [-0.39, 0.29) is 6.03 Å². The van der Waals surface area contributed by atoms with Crippen molar-refractivity contribution in [3.8, 4) is 6.07 Å². The van der Waals surface area contributed by atoms with Gasteiger partial charge in [0, 0.05) is 43.6 Å². The minimum absolute atomic E-state index is 0.142. The van der Waals surface area contributed by atoms with E-state index in [9.17, 15) is 4.79 Å². The van der Waals surface area contributed by atoms with Crippen LogP contribution in [0.3, 0.4) is 0 Å². The molecule has 0 atom stereocenters. The second kappa shape index (κ2) is 8.53. The molecule has 152 valence electrons. The average molecular weight is 402 g/mol. The fourth-order valence-corrected chi connectivity index (χ4v) is 3.25. The minimum atomic E-state index is -0.142.